The van der Waals surface area contributed by atoms with Crippen molar-refractivity contribution in [2.24, 2.45) is 17.6 Å². The highest BCUT2D eigenvalue weighted by molar-refractivity contribution is 5.92. The number of aliphatic carboxylic acids is 1. The van der Waals surface area contributed by atoms with Gasteiger partial charge in [0.25, 0.3) is 0 Å². The highest BCUT2D eigenvalue weighted by atomic mass is 16.4. The number of amides is 1. The van der Waals surface area contributed by atoms with Crippen molar-refractivity contribution in [2.45, 2.75) is 32.2 Å². The Morgan fingerprint density at radius 3 is 2.48 bits per heavy atom. The molecule has 1 aromatic rings. The highest BCUT2D eigenvalue weighted by Gasteiger charge is 2.30. The fourth-order valence-electron chi connectivity index (χ4n) is 2.97. The van der Waals surface area contributed by atoms with E-state index in [1.807, 2.05) is 12.1 Å². The molecule has 1 amide bonds. The summed E-state index contributed by atoms with van der Waals surface area (Å²) >= 11 is 0. The van der Waals surface area contributed by atoms with Crippen molar-refractivity contribution >= 4 is 11.9 Å². The van der Waals surface area contributed by atoms with Crippen LogP contribution in [0.5, 0.6) is 0 Å². The maximum atomic E-state index is 11.2. The first kappa shape index (κ1) is 15.5. The second-order valence-corrected chi connectivity index (χ2v) is 5.68. The lowest BCUT2D eigenvalue weighted by molar-refractivity contribution is -0.144. The van der Waals surface area contributed by atoms with Gasteiger partial charge in [-0.25, -0.2) is 0 Å². The second kappa shape index (κ2) is 7.22. The Bertz CT molecular complexity index is 499. The fraction of sp³-hybridized carbons (Fsp3) is 0.500. The quantitative estimate of drug-likeness (QED) is 0.744. The minimum atomic E-state index is -0.674. The predicted molar refractivity (Wildman–Crippen MR) is 79.8 cm³/mol. The Morgan fingerprint density at radius 2 is 1.86 bits per heavy atom. The molecule has 5 heteroatoms. The lowest BCUT2D eigenvalue weighted by atomic mass is 9.79. The van der Waals surface area contributed by atoms with Crippen molar-refractivity contribution in [1.82, 2.24) is 5.32 Å². The van der Waals surface area contributed by atoms with Gasteiger partial charge < -0.3 is 16.2 Å². The normalized spacial score (nSPS) is 21.9. The molecule has 1 fully saturated rings. The number of hydrogen-bond donors (Lipinski definition) is 3. The lowest BCUT2D eigenvalue weighted by Gasteiger charge is -2.28. The largest absolute Gasteiger partial charge is 0.481 e. The van der Waals surface area contributed by atoms with Crippen LogP contribution < -0.4 is 11.1 Å². The maximum absolute atomic E-state index is 11.2. The molecule has 1 aromatic carbocycles. The molecule has 0 heterocycles. The van der Waals surface area contributed by atoms with E-state index in [0.29, 0.717) is 18.7 Å². The molecule has 0 bridgehead atoms. The molecule has 2 rings (SSSR count). The third-order valence-electron chi connectivity index (χ3n) is 4.20. The summed E-state index contributed by atoms with van der Waals surface area (Å²) in [4.78, 5) is 22.2. The number of carbonyl (C=O) groups is 2. The van der Waals surface area contributed by atoms with Crippen molar-refractivity contribution in [3.63, 3.8) is 0 Å². The number of carboxylic acid groups (broad SMARTS) is 1. The minimum absolute atomic E-state index is 0.209. The summed E-state index contributed by atoms with van der Waals surface area (Å²) in [7, 11) is 0. The smallest absolute Gasteiger partial charge is 0.306 e. The molecule has 0 saturated heterocycles. The summed E-state index contributed by atoms with van der Waals surface area (Å²) in [5.74, 6) is -1.11. The first-order valence-corrected chi connectivity index (χ1v) is 7.40. The van der Waals surface area contributed by atoms with Crippen LogP contribution >= 0.6 is 0 Å². The molecule has 1 saturated carbocycles. The van der Waals surface area contributed by atoms with Crippen molar-refractivity contribution < 1.29 is 14.7 Å². The molecular formula is C16H22N2O3. The highest BCUT2D eigenvalue weighted by Crippen LogP contribution is 2.29. The van der Waals surface area contributed by atoms with Gasteiger partial charge in [0, 0.05) is 12.1 Å². The fourth-order valence-corrected chi connectivity index (χ4v) is 2.97. The molecule has 0 aliphatic heterocycles. The third-order valence-corrected chi connectivity index (χ3v) is 4.20. The molecule has 5 nitrogen and oxygen atoms in total. The molecule has 0 aromatic heterocycles. The summed E-state index contributed by atoms with van der Waals surface area (Å²) in [5.41, 5.74) is 6.75. The molecule has 1 aliphatic carbocycles. The maximum Gasteiger partial charge on any atom is 0.306 e. The van der Waals surface area contributed by atoms with Gasteiger partial charge in [0.05, 0.1) is 5.92 Å². The van der Waals surface area contributed by atoms with Gasteiger partial charge in [0.15, 0.2) is 0 Å². The summed E-state index contributed by atoms with van der Waals surface area (Å²) in [6, 6.07) is 7.14. The van der Waals surface area contributed by atoms with Crippen molar-refractivity contribution in [2.75, 3.05) is 6.54 Å². The zero-order valence-corrected chi connectivity index (χ0v) is 12.0. The van der Waals surface area contributed by atoms with Gasteiger partial charge in [0.2, 0.25) is 5.91 Å². The molecule has 114 valence electrons. The summed E-state index contributed by atoms with van der Waals surface area (Å²) in [5, 5.41) is 12.6. The Labute approximate surface area is 124 Å². The van der Waals surface area contributed by atoms with Gasteiger partial charge in [-0.15, -0.1) is 0 Å². The van der Waals surface area contributed by atoms with Crippen molar-refractivity contribution in [3.8, 4) is 0 Å². The van der Waals surface area contributed by atoms with Gasteiger partial charge in [-0.2, -0.15) is 0 Å². The third kappa shape index (κ3) is 4.29. The molecule has 0 radical (unpaired) electrons. The van der Waals surface area contributed by atoms with Crippen LogP contribution in [0.25, 0.3) is 0 Å². The Kier molecular flexibility index (Phi) is 5.33. The zero-order chi connectivity index (χ0) is 15.2. The summed E-state index contributed by atoms with van der Waals surface area (Å²) < 4.78 is 0. The predicted octanol–water partition coefficient (Wildman–Crippen LogP) is 1.77. The Morgan fingerprint density at radius 1 is 1.19 bits per heavy atom. The van der Waals surface area contributed by atoms with E-state index in [4.69, 9.17) is 5.73 Å². The van der Waals surface area contributed by atoms with E-state index in [1.165, 1.54) is 0 Å². The average molecular weight is 290 g/mol. The standard InChI is InChI=1S/C16H22N2O3/c17-15(19)12-7-5-11(6-8-12)9-18-10-13-3-1-2-4-14(13)16(20)21/h5-8,13-14,18H,1-4,9-10H2,(H2,17,19)(H,20,21). The van der Waals surface area contributed by atoms with E-state index in [9.17, 15) is 14.7 Å². The van der Waals surface area contributed by atoms with Crippen LogP contribution in [0.1, 0.15) is 41.6 Å². The van der Waals surface area contributed by atoms with Crippen LogP contribution in [0.2, 0.25) is 0 Å². The zero-order valence-electron chi connectivity index (χ0n) is 12.0. The van der Waals surface area contributed by atoms with E-state index < -0.39 is 11.9 Å². The first-order valence-electron chi connectivity index (χ1n) is 7.40. The van der Waals surface area contributed by atoms with Crippen LogP contribution in [0, 0.1) is 11.8 Å². The SMILES string of the molecule is NC(=O)c1ccc(CNCC2CCCCC2C(=O)O)cc1. The molecular weight excluding hydrogens is 268 g/mol. The number of nitrogens with one attached hydrogen (secondary N) is 1. The van der Waals surface area contributed by atoms with E-state index >= 15 is 0 Å². The van der Waals surface area contributed by atoms with Crippen LogP contribution in [-0.2, 0) is 11.3 Å². The minimum Gasteiger partial charge on any atom is -0.481 e. The number of nitrogens with two attached hydrogens (primary N) is 1. The lowest BCUT2D eigenvalue weighted by Crippen LogP contribution is -2.34. The Hall–Kier alpha value is -1.88. The second-order valence-electron chi connectivity index (χ2n) is 5.68. The number of primary amides is 1. The first-order chi connectivity index (χ1) is 10.1. The Balaban J connectivity index is 1.82. The molecule has 4 N–H and O–H groups in total. The van der Waals surface area contributed by atoms with Gasteiger partial charge in [-0.1, -0.05) is 25.0 Å². The van der Waals surface area contributed by atoms with Crippen LogP contribution in [0.4, 0.5) is 0 Å². The van der Waals surface area contributed by atoms with Crippen molar-refractivity contribution in [3.05, 3.63) is 35.4 Å². The molecule has 21 heavy (non-hydrogen) atoms. The van der Waals surface area contributed by atoms with Gasteiger partial charge in [-0.3, -0.25) is 9.59 Å². The number of rotatable bonds is 6. The molecule has 2 atom stereocenters. The summed E-state index contributed by atoms with van der Waals surface area (Å²) in [6.07, 6.45) is 3.89. The topological polar surface area (TPSA) is 92.4 Å². The average Bonchev–Trinajstić information content (AvgIpc) is 2.48. The summed E-state index contributed by atoms with van der Waals surface area (Å²) in [6.45, 7) is 1.39. The van der Waals surface area contributed by atoms with Crippen molar-refractivity contribution in [1.29, 1.82) is 0 Å². The molecule has 2 unspecified atom stereocenters. The number of benzene rings is 1. The van der Waals surface area contributed by atoms with E-state index in [1.54, 1.807) is 12.1 Å². The van der Waals surface area contributed by atoms with Crippen LogP contribution in [0.15, 0.2) is 24.3 Å². The molecule has 0 spiro atoms. The van der Waals surface area contributed by atoms with E-state index in [0.717, 1.165) is 31.2 Å². The molecule has 1 aliphatic rings. The van der Waals surface area contributed by atoms with Gasteiger partial charge in [-0.05, 0) is 43.0 Å². The van der Waals surface area contributed by atoms with E-state index in [-0.39, 0.29) is 11.8 Å². The number of hydrogen-bond acceptors (Lipinski definition) is 3. The van der Waals surface area contributed by atoms with E-state index in [2.05, 4.69) is 5.32 Å². The van der Waals surface area contributed by atoms with Gasteiger partial charge in [0.1, 0.15) is 0 Å². The van der Waals surface area contributed by atoms with Gasteiger partial charge >= 0.3 is 5.97 Å². The number of carbonyl (C=O) groups excluding carboxylic acids is 1. The van der Waals surface area contributed by atoms with Crippen LogP contribution in [-0.4, -0.2) is 23.5 Å². The monoisotopic (exact) mass is 290 g/mol. The number of carboxylic acids is 1. The van der Waals surface area contributed by atoms with Crippen LogP contribution in [0.3, 0.4) is 0 Å².